The molecule has 1 aromatic rings. The van der Waals surface area contributed by atoms with Gasteiger partial charge in [0.15, 0.2) is 0 Å². The number of nitrogens with zero attached hydrogens (tertiary/aromatic N) is 2. The molecule has 10 heteroatoms. The highest BCUT2D eigenvalue weighted by Crippen LogP contribution is 1.93. The molecule has 1 amide bonds. The number of carbonyl (C=O) groups excluding carboxylic acids is 1. The monoisotopic (exact) mass is 299 g/mol. The van der Waals surface area contributed by atoms with Crippen molar-refractivity contribution in [1.29, 1.82) is 0 Å². The van der Waals surface area contributed by atoms with Crippen LogP contribution in [0.1, 0.15) is 6.42 Å². The van der Waals surface area contributed by atoms with Gasteiger partial charge >= 0.3 is 17.6 Å². The van der Waals surface area contributed by atoms with Crippen molar-refractivity contribution < 1.29 is 24.6 Å². The molecule has 1 atom stereocenters. The molecule has 0 radical (unpaired) electrons. The van der Waals surface area contributed by atoms with Gasteiger partial charge in [0.05, 0.1) is 6.42 Å². The summed E-state index contributed by atoms with van der Waals surface area (Å²) in [5.74, 6) is -3.75. The van der Waals surface area contributed by atoms with Crippen molar-refractivity contribution in [2.24, 2.45) is 7.05 Å². The van der Waals surface area contributed by atoms with E-state index in [1.807, 2.05) is 5.32 Å². The Morgan fingerprint density at radius 3 is 2.43 bits per heavy atom. The van der Waals surface area contributed by atoms with Crippen LogP contribution in [0.15, 0.2) is 21.9 Å². The molecule has 3 N–H and O–H groups in total. The number of hydrogen-bond acceptors (Lipinski definition) is 5. The van der Waals surface area contributed by atoms with Gasteiger partial charge < -0.3 is 15.5 Å². The zero-order valence-electron chi connectivity index (χ0n) is 11.0. The van der Waals surface area contributed by atoms with E-state index in [1.165, 1.54) is 7.05 Å². The van der Waals surface area contributed by atoms with Gasteiger partial charge in [-0.2, -0.15) is 0 Å². The number of aromatic nitrogens is 2. The number of rotatable bonds is 6. The Balaban J connectivity index is 2.84. The Kier molecular flexibility index (Phi) is 5.00. The van der Waals surface area contributed by atoms with Crippen molar-refractivity contribution in [2.75, 3.05) is 0 Å². The molecule has 0 spiro atoms. The van der Waals surface area contributed by atoms with E-state index in [2.05, 4.69) is 0 Å². The first kappa shape index (κ1) is 16.1. The van der Waals surface area contributed by atoms with Crippen molar-refractivity contribution in [3.05, 3.63) is 33.1 Å². The molecule has 0 aromatic carbocycles. The molecule has 10 nitrogen and oxygen atoms in total. The largest absolute Gasteiger partial charge is 0.481 e. The molecule has 0 aliphatic heterocycles. The molecule has 114 valence electrons. The van der Waals surface area contributed by atoms with Gasteiger partial charge in [-0.05, 0) is 0 Å². The smallest absolute Gasteiger partial charge is 0.331 e. The van der Waals surface area contributed by atoms with Crippen molar-refractivity contribution >= 4 is 17.8 Å². The minimum atomic E-state index is -1.60. The summed E-state index contributed by atoms with van der Waals surface area (Å²) in [6.07, 6.45) is 0.306. The SMILES string of the molecule is Cn1c(=O)ccn(CC(=O)NC(CC(=O)O)C(=O)O)c1=O. The second-order valence-electron chi connectivity index (χ2n) is 4.18. The average molecular weight is 299 g/mol. The van der Waals surface area contributed by atoms with Gasteiger partial charge in [-0.1, -0.05) is 0 Å². The van der Waals surface area contributed by atoms with Crippen molar-refractivity contribution in [3.63, 3.8) is 0 Å². The Bertz CT molecular complexity index is 688. The molecule has 0 bridgehead atoms. The Morgan fingerprint density at radius 1 is 1.29 bits per heavy atom. The molecule has 0 fully saturated rings. The Hall–Kier alpha value is -2.91. The summed E-state index contributed by atoms with van der Waals surface area (Å²) in [6, 6.07) is -0.529. The zero-order valence-corrected chi connectivity index (χ0v) is 11.0. The average Bonchev–Trinajstić information content (AvgIpc) is 2.38. The van der Waals surface area contributed by atoms with Gasteiger partial charge in [0.2, 0.25) is 5.91 Å². The molecule has 1 aromatic heterocycles. The van der Waals surface area contributed by atoms with Crippen LogP contribution in [0.4, 0.5) is 0 Å². The van der Waals surface area contributed by atoms with Gasteiger partial charge in [0, 0.05) is 19.3 Å². The summed E-state index contributed by atoms with van der Waals surface area (Å²) in [4.78, 5) is 55.8. The Labute approximate surface area is 117 Å². The van der Waals surface area contributed by atoms with Crippen LogP contribution in [0.25, 0.3) is 0 Å². The van der Waals surface area contributed by atoms with Gasteiger partial charge in [-0.25, -0.2) is 9.59 Å². The highest BCUT2D eigenvalue weighted by atomic mass is 16.4. The number of hydrogen-bond donors (Lipinski definition) is 3. The van der Waals surface area contributed by atoms with Crippen LogP contribution >= 0.6 is 0 Å². The molecular weight excluding hydrogens is 286 g/mol. The van der Waals surface area contributed by atoms with E-state index < -0.39 is 48.1 Å². The van der Waals surface area contributed by atoms with Crippen LogP contribution in [-0.2, 0) is 28.0 Å². The fraction of sp³-hybridized carbons (Fsp3) is 0.364. The number of amides is 1. The maximum atomic E-state index is 11.7. The number of carboxylic acid groups (broad SMARTS) is 2. The first-order valence-corrected chi connectivity index (χ1v) is 5.73. The van der Waals surface area contributed by atoms with Crippen LogP contribution in [0, 0.1) is 0 Å². The predicted octanol–water partition coefficient (Wildman–Crippen LogP) is -2.41. The van der Waals surface area contributed by atoms with Crippen LogP contribution < -0.4 is 16.6 Å². The van der Waals surface area contributed by atoms with E-state index in [4.69, 9.17) is 10.2 Å². The first-order chi connectivity index (χ1) is 9.72. The summed E-state index contributed by atoms with van der Waals surface area (Å²) in [6.45, 7) is -0.531. The summed E-state index contributed by atoms with van der Waals surface area (Å²) in [7, 11) is 1.23. The number of carbonyl (C=O) groups is 3. The van der Waals surface area contributed by atoms with E-state index in [0.29, 0.717) is 0 Å². The lowest BCUT2D eigenvalue weighted by molar-refractivity contribution is -0.147. The lowest BCUT2D eigenvalue weighted by Crippen LogP contribution is -2.45. The molecule has 0 saturated carbocycles. The van der Waals surface area contributed by atoms with Gasteiger partial charge in [-0.3, -0.25) is 23.5 Å². The molecule has 1 unspecified atom stereocenters. The van der Waals surface area contributed by atoms with E-state index in [1.54, 1.807) is 0 Å². The maximum absolute atomic E-state index is 11.7. The van der Waals surface area contributed by atoms with Gasteiger partial charge in [-0.15, -0.1) is 0 Å². The molecule has 1 heterocycles. The summed E-state index contributed by atoms with van der Waals surface area (Å²) < 4.78 is 1.68. The minimum absolute atomic E-state index is 0.531. The van der Waals surface area contributed by atoms with Crippen LogP contribution in [0.2, 0.25) is 0 Å². The Morgan fingerprint density at radius 2 is 1.90 bits per heavy atom. The second kappa shape index (κ2) is 6.50. The van der Waals surface area contributed by atoms with E-state index >= 15 is 0 Å². The summed E-state index contributed by atoms with van der Waals surface area (Å²) >= 11 is 0. The van der Waals surface area contributed by atoms with E-state index in [9.17, 15) is 24.0 Å². The lowest BCUT2D eigenvalue weighted by Gasteiger charge is -2.13. The normalized spacial score (nSPS) is 11.7. The molecular formula is C11H13N3O7. The third-order valence-corrected chi connectivity index (χ3v) is 2.59. The topological polar surface area (TPSA) is 148 Å². The number of nitrogens with one attached hydrogen (secondary N) is 1. The third-order valence-electron chi connectivity index (χ3n) is 2.59. The molecule has 21 heavy (non-hydrogen) atoms. The molecule has 0 aliphatic carbocycles. The number of carboxylic acids is 2. The van der Waals surface area contributed by atoms with Crippen LogP contribution in [0.5, 0.6) is 0 Å². The highest BCUT2D eigenvalue weighted by Gasteiger charge is 2.23. The van der Waals surface area contributed by atoms with Crippen molar-refractivity contribution in [1.82, 2.24) is 14.5 Å². The standard InChI is InChI=1S/C11H13N3O7/c1-13-8(16)2-3-14(11(13)21)5-7(15)12-6(10(19)20)4-9(17)18/h2-3,6H,4-5H2,1H3,(H,12,15)(H,17,18)(H,19,20). The maximum Gasteiger partial charge on any atom is 0.331 e. The van der Waals surface area contributed by atoms with Crippen LogP contribution in [-0.4, -0.2) is 43.2 Å². The van der Waals surface area contributed by atoms with Gasteiger partial charge in [0.25, 0.3) is 5.56 Å². The van der Waals surface area contributed by atoms with E-state index in [0.717, 1.165) is 21.4 Å². The fourth-order valence-electron chi connectivity index (χ4n) is 1.51. The predicted molar refractivity (Wildman–Crippen MR) is 67.8 cm³/mol. The van der Waals surface area contributed by atoms with Crippen molar-refractivity contribution in [2.45, 2.75) is 19.0 Å². The summed E-state index contributed by atoms with van der Waals surface area (Å²) in [5.41, 5.74) is -1.30. The third kappa shape index (κ3) is 4.30. The quantitative estimate of drug-likeness (QED) is 0.530. The second-order valence-corrected chi connectivity index (χ2v) is 4.18. The number of aliphatic carboxylic acids is 2. The molecule has 1 rings (SSSR count). The molecule has 0 aliphatic rings. The lowest BCUT2D eigenvalue weighted by atomic mass is 10.2. The molecule has 0 saturated heterocycles. The van der Waals surface area contributed by atoms with Crippen LogP contribution in [0.3, 0.4) is 0 Å². The van der Waals surface area contributed by atoms with Gasteiger partial charge in [0.1, 0.15) is 12.6 Å². The van der Waals surface area contributed by atoms with E-state index in [-0.39, 0.29) is 0 Å². The highest BCUT2D eigenvalue weighted by molar-refractivity contribution is 5.86. The van der Waals surface area contributed by atoms with Crippen molar-refractivity contribution in [3.8, 4) is 0 Å². The fourth-order valence-corrected chi connectivity index (χ4v) is 1.51. The first-order valence-electron chi connectivity index (χ1n) is 5.73. The summed E-state index contributed by atoms with van der Waals surface area (Å²) in [5, 5.41) is 19.3. The minimum Gasteiger partial charge on any atom is -0.481 e. The zero-order chi connectivity index (χ0) is 16.2.